The molecule has 1 aromatic carbocycles. The standard InChI is InChI=1S/C12H20BNO4S/c1-3-9-14(10-4-2)19(17,18)12-8-6-5-7-11(12)13(15)16/h5-8,15-16H,3-4,9-10H2,1-2H3. The fourth-order valence-corrected chi connectivity index (χ4v) is 3.76. The van der Waals surface area contributed by atoms with E-state index in [2.05, 4.69) is 0 Å². The van der Waals surface area contributed by atoms with E-state index in [0.29, 0.717) is 25.9 Å². The monoisotopic (exact) mass is 285 g/mol. The Labute approximate surface area is 115 Å². The molecular formula is C12H20BNO4S. The van der Waals surface area contributed by atoms with Gasteiger partial charge in [0.2, 0.25) is 10.0 Å². The van der Waals surface area contributed by atoms with Gasteiger partial charge in [-0.2, -0.15) is 4.31 Å². The molecule has 0 aliphatic heterocycles. The number of rotatable bonds is 7. The summed E-state index contributed by atoms with van der Waals surface area (Å²) in [5.74, 6) is 0. The van der Waals surface area contributed by atoms with Crippen molar-refractivity contribution in [3.8, 4) is 0 Å². The van der Waals surface area contributed by atoms with Gasteiger partial charge < -0.3 is 10.0 Å². The molecule has 0 aromatic heterocycles. The molecule has 1 aromatic rings. The van der Waals surface area contributed by atoms with E-state index < -0.39 is 17.1 Å². The molecule has 2 N–H and O–H groups in total. The van der Waals surface area contributed by atoms with Gasteiger partial charge in [0, 0.05) is 18.6 Å². The lowest BCUT2D eigenvalue weighted by Crippen LogP contribution is -2.40. The summed E-state index contributed by atoms with van der Waals surface area (Å²) in [6.07, 6.45) is 1.42. The predicted molar refractivity (Wildman–Crippen MR) is 75.6 cm³/mol. The Hall–Kier alpha value is -0.885. The second kappa shape index (κ2) is 7.05. The summed E-state index contributed by atoms with van der Waals surface area (Å²) in [5, 5.41) is 18.6. The molecule has 0 heterocycles. The Balaban J connectivity index is 3.25. The molecule has 0 unspecified atom stereocenters. The van der Waals surface area contributed by atoms with Gasteiger partial charge in [0.1, 0.15) is 0 Å². The lowest BCUT2D eigenvalue weighted by atomic mass is 9.80. The summed E-state index contributed by atoms with van der Waals surface area (Å²) in [4.78, 5) is -0.0353. The molecular weight excluding hydrogens is 265 g/mol. The highest BCUT2D eigenvalue weighted by Crippen LogP contribution is 2.15. The summed E-state index contributed by atoms with van der Waals surface area (Å²) in [6.45, 7) is 4.66. The van der Waals surface area contributed by atoms with Crippen molar-refractivity contribution in [1.82, 2.24) is 4.31 Å². The molecule has 0 saturated heterocycles. The number of benzene rings is 1. The fraction of sp³-hybridized carbons (Fsp3) is 0.500. The third kappa shape index (κ3) is 3.79. The number of hydrogen-bond donors (Lipinski definition) is 2. The molecule has 0 aliphatic rings. The molecule has 0 amide bonds. The minimum atomic E-state index is -3.69. The zero-order valence-corrected chi connectivity index (χ0v) is 12.1. The van der Waals surface area contributed by atoms with Crippen molar-refractivity contribution >= 4 is 22.6 Å². The van der Waals surface area contributed by atoms with Gasteiger partial charge in [0.25, 0.3) is 0 Å². The van der Waals surface area contributed by atoms with Crippen LogP contribution < -0.4 is 5.46 Å². The minimum absolute atomic E-state index is 0.0136. The highest BCUT2D eigenvalue weighted by Gasteiger charge is 2.29. The van der Waals surface area contributed by atoms with Crippen LogP contribution in [0.4, 0.5) is 0 Å². The van der Waals surface area contributed by atoms with E-state index in [1.165, 1.54) is 16.4 Å². The Morgan fingerprint density at radius 3 is 2.11 bits per heavy atom. The zero-order chi connectivity index (χ0) is 14.5. The molecule has 0 fully saturated rings. The van der Waals surface area contributed by atoms with E-state index >= 15 is 0 Å². The van der Waals surface area contributed by atoms with Crippen LogP contribution in [0.15, 0.2) is 29.2 Å². The smallest absolute Gasteiger partial charge is 0.423 e. The molecule has 0 radical (unpaired) electrons. The van der Waals surface area contributed by atoms with Crippen molar-refractivity contribution in [2.75, 3.05) is 13.1 Å². The number of sulfonamides is 1. The lowest BCUT2D eigenvalue weighted by Gasteiger charge is -2.22. The van der Waals surface area contributed by atoms with Gasteiger partial charge in [-0.15, -0.1) is 0 Å². The topological polar surface area (TPSA) is 77.8 Å². The first-order chi connectivity index (χ1) is 8.95. The van der Waals surface area contributed by atoms with Crippen LogP contribution in [0, 0.1) is 0 Å². The van der Waals surface area contributed by atoms with Crippen molar-refractivity contribution in [2.45, 2.75) is 31.6 Å². The van der Waals surface area contributed by atoms with Crippen molar-refractivity contribution in [3.63, 3.8) is 0 Å². The van der Waals surface area contributed by atoms with E-state index in [9.17, 15) is 18.5 Å². The number of hydrogen-bond acceptors (Lipinski definition) is 4. The molecule has 7 heteroatoms. The van der Waals surface area contributed by atoms with Crippen LogP contribution in [0.1, 0.15) is 26.7 Å². The molecule has 0 atom stereocenters. The van der Waals surface area contributed by atoms with Gasteiger partial charge in [-0.1, -0.05) is 32.0 Å². The molecule has 0 aliphatic carbocycles. The average Bonchev–Trinajstić information content (AvgIpc) is 2.38. The van der Waals surface area contributed by atoms with Crippen LogP contribution in [-0.4, -0.2) is 43.0 Å². The SMILES string of the molecule is CCCN(CCC)S(=O)(=O)c1ccccc1B(O)O. The van der Waals surface area contributed by atoms with Gasteiger partial charge in [-0.05, 0) is 18.9 Å². The quantitative estimate of drug-likeness (QED) is 0.700. The van der Waals surface area contributed by atoms with Crippen molar-refractivity contribution in [1.29, 1.82) is 0 Å². The van der Waals surface area contributed by atoms with E-state index in [1.54, 1.807) is 12.1 Å². The average molecular weight is 285 g/mol. The summed E-state index contributed by atoms with van der Waals surface area (Å²) in [7, 11) is -5.48. The van der Waals surface area contributed by atoms with Crippen LogP contribution >= 0.6 is 0 Å². The highest BCUT2D eigenvalue weighted by molar-refractivity contribution is 7.89. The summed E-state index contributed by atoms with van der Waals surface area (Å²) < 4.78 is 26.5. The van der Waals surface area contributed by atoms with Crippen LogP contribution in [0.2, 0.25) is 0 Å². The van der Waals surface area contributed by atoms with Crippen LogP contribution in [0.5, 0.6) is 0 Å². The Bertz CT molecular complexity index is 498. The third-order valence-electron chi connectivity index (χ3n) is 2.76. The number of nitrogens with zero attached hydrogens (tertiary/aromatic N) is 1. The minimum Gasteiger partial charge on any atom is -0.423 e. The lowest BCUT2D eigenvalue weighted by molar-refractivity contribution is 0.407. The summed E-state index contributed by atoms with van der Waals surface area (Å²) >= 11 is 0. The largest absolute Gasteiger partial charge is 0.489 e. The first-order valence-electron chi connectivity index (χ1n) is 6.40. The molecule has 0 spiro atoms. The van der Waals surface area contributed by atoms with E-state index in [1.807, 2.05) is 13.8 Å². The van der Waals surface area contributed by atoms with Crippen LogP contribution in [0.25, 0.3) is 0 Å². The molecule has 1 rings (SSSR count). The van der Waals surface area contributed by atoms with Gasteiger partial charge in [-0.3, -0.25) is 0 Å². The Morgan fingerprint density at radius 1 is 1.11 bits per heavy atom. The van der Waals surface area contributed by atoms with Gasteiger partial charge in [0.05, 0.1) is 4.90 Å². The van der Waals surface area contributed by atoms with E-state index in [-0.39, 0.29) is 10.4 Å². The van der Waals surface area contributed by atoms with E-state index in [0.717, 1.165) is 0 Å². The van der Waals surface area contributed by atoms with Crippen LogP contribution in [-0.2, 0) is 10.0 Å². The molecule has 106 valence electrons. The summed E-state index contributed by atoms with van der Waals surface area (Å²) in [5.41, 5.74) is 0.0136. The zero-order valence-electron chi connectivity index (χ0n) is 11.3. The maximum Gasteiger partial charge on any atom is 0.489 e. The second-order valence-electron chi connectivity index (χ2n) is 4.32. The van der Waals surface area contributed by atoms with Gasteiger partial charge >= 0.3 is 7.12 Å². The first-order valence-corrected chi connectivity index (χ1v) is 7.84. The summed E-state index contributed by atoms with van der Waals surface area (Å²) in [6, 6.07) is 5.97. The van der Waals surface area contributed by atoms with Crippen molar-refractivity contribution in [2.24, 2.45) is 0 Å². The first kappa shape index (κ1) is 16.2. The van der Waals surface area contributed by atoms with Crippen LogP contribution in [0.3, 0.4) is 0 Å². The fourth-order valence-electron chi connectivity index (χ4n) is 1.92. The van der Waals surface area contributed by atoms with Crippen molar-refractivity contribution in [3.05, 3.63) is 24.3 Å². The molecule has 0 bridgehead atoms. The maximum atomic E-state index is 12.5. The molecule has 19 heavy (non-hydrogen) atoms. The van der Waals surface area contributed by atoms with Gasteiger partial charge in [-0.25, -0.2) is 8.42 Å². The molecule has 5 nitrogen and oxygen atoms in total. The molecule has 0 saturated carbocycles. The Kier molecular flexibility index (Phi) is 6.00. The third-order valence-corrected chi connectivity index (χ3v) is 4.73. The van der Waals surface area contributed by atoms with Gasteiger partial charge in [0.15, 0.2) is 0 Å². The highest BCUT2D eigenvalue weighted by atomic mass is 32.2. The predicted octanol–water partition coefficient (Wildman–Crippen LogP) is 0.177. The maximum absolute atomic E-state index is 12.5. The Morgan fingerprint density at radius 2 is 1.63 bits per heavy atom. The second-order valence-corrected chi connectivity index (χ2v) is 6.22. The van der Waals surface area contributed by atoms with E-state index in [4.69, 9.17) is 0 Å². The van der Waals surface area contributed by atoms with Crippen molar-refractivity contribution < 1.29 is 18.5 Å². The normalized spacial score (nSPS) is 11.8.